The van der Waals surface area contributed by atoms with Gasteiger partial charge in [-0.3, -0.25) is 4.57 Å². The number of nitrogens with zero attached hydrogens (tertiary/aromatic N) is 2. The summed E-state index contributed by atoms with van der Waals surface area (Å²) < 4.78 is 1.83. The third-order valence-corrected chi connectivity index (χ3v) is 5.83. The maximum atomic E-state index is 12.0. The molecule has 1 N–H and O–H groups in total. The van der Waals surface area contributed by atoms with Crippen LogP contribution in [0.4, 0.5) is 0 Å². The maximum absolute atomic E-state index is 12.0. The molecule has 3 aromatic rings. The molecule has 0 atom stereocenters. The zero-order valence-electron chi connectivity index (χ0n) is 12.4. The zero-order chi connectivity index (χ0) is 15.4. The largest absolute Gasteiger partial charge is 0.344 e. The summed E-state index contributed by atoms with van der Waals surface area (Å²) in [6, 6.07) is 17.4. The predicted octanol–water partition coefficient (Wildman–Crippen LogP) is 3.77. The first-order valence-electron chi connectivity index (χ1n) is 7.85. The molecule has 0 unspecified atom stereocenters. The van der Waals surface area contributed by atoms with Gasteiger partial charge in [0.05, 0.1) is 5.25 Å². The van der Waals surface area contributed by atoms with E-state index in [0.717, 1.165) is 18.0 Å². The van der Waals surface area contributed by atoms with Gasteiger partial charge in [-0.25, -0.2) is 9.89 Å². The molecule has 2 aliphatic rings. The number of rotatable bonds is 3. The third kappa shape index (κ3) is 2.00. The van der Waals surface area contributed by atoms with Crippen LogP contribution in [0.15, 0.2) is 58.5 Å². The quantitative estimate of drug-likeness (QED) is 0.799. The Kier molecular flexibility index (Phi) is 2.79. The van der Waals surface area contributed by atoms with Crippen LogP contribution in [0.25, 0.3) is 11.1 Å². The van der Waals surface area contributed by atoms with E-state index in [1.165, 1.54) is 22.3 Å². The first-order chi connectivity index (χ1) is 11.3. The van der Waals surface area contributed by atoms with Crippen molar-refractivity contribution in [3.8, 4) is 11.1 Å². The Labute approximate surface area is 137 Å². The summed E-state index contributed by atoms with van der Waals surface area (Å²) in [6.07, 6.45) is 2.15. The van der Waals surface area contributed by atoms with Crippen molar-refractivity contribution in [2.24, 2.45) is 0 Å². The molecule has 114 valence electrons. The number of nitrogens with one attached hydrogen (secondary N) is 1. The van der Waals surface area contributed by atoms with Crippen molar-refractivity contribution in [2.75, 3.05) is 0 Å². The second-order valence-electron chi connectivity index (χ2n) is 6.08. The second kappa shape index (κ2) is 4.86. The van der Waals surface area contributed by atoms with E-state index in [2.05, 4.69) is 58.7 Å². The predicted molar refractivity (Wildman–Crippen MR) is 90.7 cm³/mol. The number of hydrogen-bond donors (Lipinski definition) is 1. The molecular weight excluding hydrogens is 306 g/mol. The normalized spacial score (nSPS) is 16.3. The van der Waals surface area contributed by atoms with Crippen LogP contribution in [0.2, 0.25) is 0 Å². The lowest BCUT2D eigenvalue weighted by atomic mass is 10.1. The fraction of sp³-hybridized carbons (Fsp3) is 0.222. The summed E-state index contributed by atoms with van der Waals surface area (Å²) in [5.41, 5.74) is 5.09. The topological polar surface area (TPSA) is 50.7 Å². The van der Waals surface area contributed by atoms with Crippen LogP contribution in [0.3, 0.4) is 0 Å². The highest BCUT2D eigenvalue weighted by atomic mass is 32.2. The smallest absolute Gasteiger partial charge is 0.267 e. The number of benzene rings is 2. The van der Waals surface area contributed by atoms with Gasteiger partial charge in [0.15, 0.2) is 5.16 Å². The van der Waals surface area contributed by atoms with Crippen molar-refractivity contribution in [3.63, 3.8) is 0 Å². The summed E-state index contributed by atoms with van der Waals surface area (Å²) in [5, 5.41) is 7.88. The molecule has 0 aliphatic heterocycles. The minimum Gasteiger partial charge on any atom is -0.267 e. The Bertz CT molecular complexity index is 909. The van der Waals surface area contributed by atoms with Crippen molar-refractivity contribution in [2.45, 2.75) is 29.3 Å². The minimum absolute atomic E-state index is 0.0884. The first kappa shape index (κ1) is 13.2. The summed E-state index contributed by atoms with van der Waals surface area (Å²) in [6.45, 7) is 0. The van der Waals surface area contributed by atoms with Crippen molar-refractivity contribution in [1.82, 2.24) is 14.8 Å². The number of aromatic nitrogens is 3. The van der Waals surface area contributed by atoms with E-state index < -0.39 is 0 Å². The molecule has 0 saturated heterocycles. The SMILES string of the molecule is O=c1[nH]nc(SC2c3ccccc3-c3ccccc32)n1C1CC1. The van der Waals surface area contributed by atoms with Crippen LogP contribution in [-0.2, 0) is 0 Å². The molecule has 23 heavy (non-hydrogen) atoms. The summed E-state index contributed by atoms with van der Waals surface area (Å²) in [7, 11) is 0. The Morgan fingerprint density at radius 1 is 1.00 bits per heavy atom. The monoisotopic (exact) mass is 321 g/mol. The van der Waals surface area contributed by atoms with Crippen molar-refractivity contribution in [3.05, 3.63) is 70.1 Å². The fourth-order valence-corrected chi connectivity index (χ4v) is 4.69. The summed E-state index contributed by atoms with van der Waals surface area (Å²) in [5.74, 6) is 0. The average Bonchev–Trinajstić information content (AvgIpc) is 3.29. The van der Waals surface area contributed by atoms with E-state index in [4.69, 9.17) is 0 Å². The lowest BCUT2D eigenvalue weighted by Gasteiger charge is -2.13. The van der Waals surface area contributed by atoms with Crippen LogP contribution < -0.4 is 5.69 Å². The van der Waals surface area contributed by atoms with E-state index in [9.17, 15) is 4.79 Å². The highest BCUT2D eigenvalue weighted by Crippen LogP contribution is 2.52. The molecule has 0 bridgehead atoms. The van der Waals surface area contributed by atoms with Crippen molar-refractivity contribution in [1.29, 1.82) is 0 Å². The number of H-pyrrole nitrogens is 1. The lowest BCUT2D eigenvalue weighted by molar-refractivity contribution is 0.642. The van der Waals surface area contributed by atoms with Gasteiger partial charge in [0, 0.05) is 6.04 Å². The minimum atomic E-state index is -0.0884. The van der Waals surface area contributed by atoms with Crippen LogP contribution in [-0.4, -0.2) is 14.8 Å². The molecule has 2 aromatic carbocycles. The molecule has 0 spiro atoms. The van der Waals surface area contributed by atoms with Gasteiger partial charge in [-0.15, -0.1) is 5.10 Å². The van der Waals surface area contributed by atoms with Gasteiger partial charge in [-0.2, -0.15) is 0 Å². The Hall–Kier alpha value is -2.27. The van der Waals surface area contributed by atoms with Crippen LogP contribution in [0, 0.1) is 0 Å². The number of fused-ring (bicyclic) bond motifs is 3. The molecule has 1 heterocycles. The average molecular weight is 321 g/mol. The van der Waals surface area contributed by atoms with Gasteiger partial charge >= 0.3 is 5.69 Å². The van der Waals surface area contributed by atoms with Gasteiger partial charge in [0.1, 0.15) is 0 Å². The number of thioether (sulfide) groups is 1. The molecular formula is C18H15N3OS. The standard InChI is InChI=1S/C18H15N3OS/c22-17-19-20-18(21(17)11-9-10-11)23-16-14-7-3-1-5-12(14)13-6-2-4-8-15(13)16/h1-8,11,16H,9-10H2,(H,19,22). The molecule has 0 amide bonds. The van der Waals surface area contributed by atoms with E-state index in [1.807, 2.05) is 4.57 Å². The summed E-state index contributed by atoms with van der Waals surface area (Å²) in [4.78, 5) is 12.0. The Morgan fingerprint density at radius 3 is 2.22 bits per heavy atom. The Balaban J connectivity index is 1.62. The molecule has 2 aliphatic carbocycles. The van der Waals surface area contributed by atoms with E-state index >= 15 is 0 Å². The van der Waals surface area contributed by atoms with Gasteiger partial charge in [-0.05, 0) is 35.1 Å². The van der Waals surface area contributed by atoms with Crippen LogP contribution >= 0.6 is 11.8 Å². The molecule has 0 radical (unpaired) electrons. The van der Waals surface area contributed by atoms with Crippen molar-refractivity contribution >= 4 is 11.8 Å². The number of aromatic amines is 1. The lowest BCUT2D eigenvalue weighted by Crippen LogP contribution is -2.16. The van der Waals surface area contributed by atoms with Gasteiger partial charge < -0.3 is 0 Å². The van der Waals surface area contributed by atoms with E-state index in [0.29, 0.717) is 6.04 Å². The first-order valence-corrected chi connectivity index (χ1v) is 8.72. The third-order valence-electron chi connectivity index (χ3n) is 4.58. The molecule has 1 fully saturated rings. The maximum Gasteiger partial charge on any atom is 0.344 e. The Morgan fingerprint density at radius 2 is 1.61 bits per heavy atom. The molecule has 5 heteroatoms. The summed E-state index contributed by atoms with van der Waals surface area (Å²) >= 11 is 1.67. The van der Waals surface area contributed by atoms with Gasteiger partial charge in [0.2, 0.25) is 0 Å². The zero-order valence-corrected chi connectivity index (χ0v) is 13.2. The van der Waals surface area contributed by atoms with Gasteiger partial charge in [0.25, 0.3) is 0 Å². The van der Waals surface area contributed by atoms with Crippen LogP contribution in [0.1, 0.15) is 35.3 Å². The fourth-order valence-electron chi connectivity index (χ4n) is 3.37. The van der Waals surface area contributed by atoms with E-state index in [1.54, 1.807) is 11.8 Å². The second-order valence-corrected chi connectivity index (χ2v) is 7.16. The van der Waals surface area contributed by atoms with Crippen molar-refractivity contribution < 1.29 is 0 Å². The van der Waals surface area contributed by atoms with Gasteiger partial charge in [-0.1, -0.05) is 60.3 Å². The molecule has 5 rings (SSSR count). The van der Waals surface area contributed by atoms with Crippen LogP contribution in [0.5, 0.6) is 0 Å². The number of hydrogen-bond acceptors (Lipinski definition) is 3. The van der Waals surface area contributed by atoms with E-state index in [-0.39, 0.29) is 10.9 Å². The molecule has 4 nitrogen and oxygen atoms in total. The highest BCUT2D eigenvalue weighted by molar-refractivity contribution is 7.99. The molecule has 1 aromatic heterocycles. The highest BCUT2D eigenvalue weighted by Gasteiger charge is 2.33. The molecule has 1 saturated carbocycles.